The van der Waals surface area contributed by atoms with E-state index < -0.39 is 10.0 Å². The molecule has 3 aromatic rings. The summed E-state index contributed by atoms with van der Waals surface area (Å²) < 4.78 is 35.6. The van der Waals surface area contributed by atoms with Crippen LogP contribution in [0.4, 0.5) is 5.69 Å². The first-order valence-electron chi connectivity index (χ1n) is 10.6. The molecule has 0 heterocycles. The number of ether oxygens (including phenoxy) is 1. The number of rotatable bonds is 6. The molecule has 0 spiro atoms. The fourth-order valence-electron chi connectivity index (χ4n) is 3.57. The van der Waals surface area contributed by atoms with E-state index >= 15 is 0 Å². The van der Waals surface area contributed by atoms with Crippen molar-refractivity contribution in [3.63, 3.8) is 0 Å². The molecule has 33 heavy (non-hydrogen) atoms. The Morgan fingerprint density at radius 1 is 0.939 bits per heavy atom. The Kier molecular flexibility index (Phi) is 6.16. The van der Waals surface area contributed by atoms with Crippen molar-refractivity contribution >= 4 is 27.2 Å². The fourth-order valence-corrected chi connectivity index (χ4v) is 4.57. The van der Waals surface area contributed by atoms with Gasteiger partial charge in [-0.25, -0.2) is 0 Å². The van der Waals surface area contributed by atoms with Crippen molar-refractivity contribution in [2.24, 2.45) is 4.40 Å². The van der Waals surface area contributed by atoms with Gasteiger partial charge >= 0.3 is 0 Å². The normalized spacial score (nSPS) is 14.6. The van der Waals surface area contributed by atoms with Crippen molar-refractivity contribution in [3.8, 4) is 5.75 Å². The first kappa shape index (κ1) is 22.5. The average molecular weight is 461 g/mol. The molecule has 0 aliphatic heterocycles. The number of nitrogens with zero attached hydrogens (tertiary/aromatic N) is 1. The molecular formula is C26H24N2O4S. The van der Waals surface area contributed by atoms with Crippen LogP contribution in [0.1, 0.15) is 34.0 Å². The van der Waals surface area contributed by atoms with E-state index in [9.17, 15) is 13.2 Å². The third-order valence-electron chi connectivity index (χ3n) is 5.29. The van der Waals surface area contributed by atoms with Crippen LogP contribution < -0.4 is 10.1 Å². The number of nitrogens with one attached hydrogen (secondary N) is 1. The number of fused-ring (bicyclic) bond motifs is 1. The van der Waals surface area contributed by atoms with Crippen molar-refractivity contribution in [3.05, 3.63) is 101 Å². The van der Waals surface area contributed by atoms with Crippen LogP contribution in [0.15, 0.2) is 87.8 Å². The van der Waals surface area contributed by atoms with Gasteiger partial charge in [0.05, 0.1) is 22.9 Å². The molecule has 0 saturated carbocycles. The molecule has 1 aliphatic rings. The quantitative estimate of drug-likeness (QED) is 0.555. The molecule has 0 amide bonds. The number of allylic oxidation sites excluding steroid dienone is 2. The van der Waals surface area contributed by atoms with Crippen LogP contribution in [0.5, 0.6) is 5.75 Å². The van der Waals surface area contributed by atoms with Crippen molar-refractivity contribution in [2.45, 2.75) is 25.7 Å². The minimum atomic E-state index is -4.01. The van der Waals surface area contributed by atoms with E-state index in [-0.39, 0.29) is 22.1 Å². The number of hydrogen-bond acceptors (Lipinski definition) is 5. The van der Waals surface area contributed by atoms with Crippen molar-refractivity contribution in [1.29, 1.82) is 0 Å². The number of benzene rings is 3. The summed E-state index contributed by atoms with van der Waals surface area (Å²) in [7, 11) is -4.01. The number of hydrogen-bond donors (Lipinski definition) is 1. The number of aryl methyl sites for hydroxylation is 2. The lowest BCUT2D eigenvalue weighted by Gasteiger charge is -2.20. The van der Waals surface area contributed by atoms with E-state index in [4.69, 9.17) is 4.74 Å². The summed E-state index contributed by atoms with van der Waals surface area (Å²) in [6.07, 6.45) is 1.50. The van der Waals surface area contributed by atoms with Gasteiger partial charge in [0.2, 0.25) is 5.78 Å². The zero-order valence-corrected chi connectivity index (χ0v) is 19.4. The topological polar surface area (TPSA) is 84.8 Å². The second-order valence-electron chi connectivity index (χ2n) is 7.73. The maximum Gasteiger partial charge on any atom is 0.282 e. The van der Waals surface area contributed by atoms with Gasteiger partial charge in [-0.15, -0.1) is 0 Å². The Morgan fingerprint density at radius 2 is 1.64 bits per heavy atom. The predicted octanol–water partition coefficient (Wildman–Crippen LogP) is 5.07. The zero-order valence-electron chi connectivity index (χ0n) is 18.6. The van der Waals surface area contributed by atoms with Crippen LogP contribution in [-0.2, 0) is 10.0 Å². The molecule has 0 atom stereocenters. The zero-order chi connectivity index (χ0) is 23.6. The Morgan fingerprint density at radius 3 is 2.33 bits per heavy atom. The Bertz CT molecular complexity index is 1390. The van der Waals surface area contributed by atoms with Crippen LogP contribution in [0.3, 0.4) is 0 Å². The van der Waals surface area contributed by atoms with E-state index in [1.54, 1.807) is 36.4 Å². The van der Waals surface area contributed by atoms with E-state index in [1.165, 1.54) is 18.2 Å². The van der Waals surface area contributed by atoms with E-state index in [0.717, 1.165) is 16.8 Å². The molecule has 6 nitrogen and oxygen atoms in total. The molecule has 0 fully saturated rings. The van der Waals surface area contributed by atoms with Crippen LogP contribution >= 0.6 is 0 Å². The Hall–Kier alpha value is -3.71. The molecule has 0 radical (unpaired) electrons. The maximum atomic E-state index is 13.1. The van der Waals surface area contributed by atoms with Gasteiger partial charge in [-0.3, -0.25) is 4.79 Å². The van der Waals surface area contributed by atoms with Crippen LogP contribution in [0.2, 0.25) is 0 Å². The highest BCUT2D eigenvalue weighted by Crippen LogP contribution is 2.27. The molecule has 7 heteroatoms. The van der Waals surface area contributed by atoms with Gasteiger partial charge < -0.3 is 10.1 Å². The predicted molar refractivity (Wildman–Crippen MR) is 130 cm³/mol. The van der Waals surface area contributed by atoms with Gasteiger partial charge in [-0.1, -0.05) is 36.4 Å². The number of sulfonamides is 1. The standard InChI is InChI=1S/C26H24N2O4S/c1-4-32-19-11-13-20(14-12-19)33(30,31)28-24-16-25(26(29)22-8-6-5-7-21(22)24)27-23-15-17(2)9-10-18(23)3/h5-16,27H,4H2,1-3H3. The summed E-state index contributed by atoms with van der Waals surface area (Å²) in [5, 5.41) is 3.18. The smallest absolute Gasteiger partial charge is 0.282 e. The third kappa shape index (κ3) is 4.73. The van der Waals surface area contributed by atoms with Gasteiger partial charge in [0.1, 0.15) is 5.75 Å². The molecule has 1 aliphatic carbocycles. The van der Waals surface area contributed by atoms with Crippen LogP contribution in [-0.4, -0.2) is 26.5 Å². The SMILES string of the molecule is CCOc1ccc(S(=O)(=O)N=C2C=C(Nc3cc(C)ccc3C)C(=O)c3ccccc32)cc1. The lowest BCUT2D eigenvalue weighted by atomic mass is 9.92. The monoisotopic (exact) mass is 460 g/mol. The van der Waals surface area contributed by atoms with Crippen LogP contribution in [0, 0.1) is 13.8 Å². The molecule has 4 rings (SSSR count). The molecule has 0 aromatic heterocycles. The molecule has 3 aromatic carbocycles. The number of carbonyl (C=O) groups is 1. The average Bonchev–Trinajstić information content (AvgIpc) is 2.80. The molecular weight excluding hydrogens is 436 g/mol. The number of Topliss-reactive ketones (excluding diaryl/α,β-unsaturated/α-hetero) is 1. The lowest BCUT2D eigenvalue weighted by molar-refractivity contribution is 0.103. The Labute approximate surface area is 193 Å². The maximum absolute atomic E-state index is 13.1. The third-order valence-corrected chi connectivity index (χ3v) is 6.59. The molecule has 0 saturated heterocycles. The van der Waals surface area contributed by atoms with Crippen molar-refractivity contribution < 1.29 is 17.9 Å². The highest BCUT2D eigenvalue weighted by atomic mass is 32.2. The Balaban J connectivity index is 1.78. The molecule has 0 bridgehead atoms. The highest BCUT2D eigenvalue weighted by molar-refractivity contribution is 7.90. The summed E-state index contributed by atoms with van der Waals surface area (Å²) in [4.78, 5) is 13.2. The van der Waals surface area contributed by atoms with Gasteiger partial charge in [0.15, 0.2) is 0 Å². The molecule has 0 unspecified atom stereocenters. The van der Waals surface area contributed by atoms with Crippen molar-refractivity contribution in [1.82, 2.24) is 0 Å². The summed E-state index contributed by atoms with van der Waals surface area (Å²) in [6.45, 7) is 6.25. The minimum Gasteiger partial charge on any atom is -0.494 e. The number of anilines is 1. The lowest BCUT2D eigenvalue weighted by Crippen LogP contribution is -2.23. The van der Waals surface area contributed by atoms with E-state index in [1.807, 2.05) is 39.0 Å². The summed E-state index contributed by atoms with van der Waals surface area (Å²) >= 11 is 0. The largest absolute Gasteiger partial charge is 0.494 e. The minimum absolute atomic E-state index is 0.0465. The first-order valence-corrected chi connectivity index (χ1v) is 12.0. The van der Waals surface area contributed by atoms with Gasteiger partial charge in [0, 0.05) is 16.8 Å². The summed E-state index contributed by atoms with van der Waals surface area (Å²) in [5.74, 6) is 0.363. The second-order valence-corrected chi connectivity index (χ2v) is 9.34. The van der Waals surface area contributed by atoms with E-state index in [2.05, 4.69) is 9.71 Å². The number of carbonyl (C=O) groups excluding carboxylic acids is 1. The summed E-state index contributed by atoms with van der Waals surface area (Å²) in [5.41, 5.74) is 4.13. The molecule has 1 N–H and O–H groups in total. The summed E-state index contributed by atoms with van der Waals surface area (Å²) in [6, 6.07) is 18.9. The van der Waals surface area contributed by atoms with Crippen molar-refractivity contribution in [2.75, 3.05) is 11.9 Å². The second kappa shape index (κ2) is 9.03. The van der Waals surface area contributed by atoms with E-state index in [0.29, 0.717) is 23.5 Å². The highest BCUT2D eigenvalue weighted by Gasteiger charge is 2.26. The van der Waals surface area contributed by atoms with Gasteiger partial charge in [0.25, 0.3) is 10.0 Å². The molecule has 168 valence electrons. The first-order chi connectivity index (χ1) is 15.8. The van der Waals surface area contributed by atoms with Crippen LogP contribution in [0.25, 0.3) is 0 Å². The van der Waals surface area contributed by atoms with Gasteiger partial charge in [-0.05, 0) is 68.3 Å². The van der Waals surface area contributed by atoms with Gasteiger partial charge in [-0.2, -0.15) is 12.8 Å². The fraction of sp³-hybridized carbons (Fsp3) is 0.154. The number of ketones is 1.